The van der Waals surface area contributed by atoms with Gasteiger partial charge in [-0.3, -0.25) is 9.69 Å². The van der Waals surface area contributed by atoms with Crippen molar-refractivity contribution in [2.75, 3.05) is 50.1 Å². The van der Waals surface area contributed by atoms with Crippen LogP contribution in [-0.2, 0) is 11.3 Å². The summed E-state index contributed by atoms with van der Waals surface area (Å²) >= 11 is 6.34. The van der Waals surface area contributed by atoms with Crippen LogP contribution in [0.15, 0.2) is 60.0 Å². The molecule has 2 aromatic rings. The number of piperidine rings is 1. The van der Waals surface area contributed by atoms with Gasteiger partial charge < -0.3 is 20.5 Å². The van der Waals surface area contributed by atoms with Gasteiger partial charge >= 0.3 is 0 Å². The molecule has 0 saturated carbocycles. The number of likely N-dealkylation sites (N-methyl/N-ethyl adjacent to an activating group) is 1. The summed E-state index contributed by atoms with van der Waals surface area (Å²) in [6, 6.07) is 11.7. The summed E-state index contributed by atoms with van der Waals surface area (Å²) in [6.07, 6.45) is 3.60. The molecule has 0 atom stereocenters. The van der Waals surface area contributed by atoms with Crippen LogP contribution in [0.25, 0.3) is 0 Å². The number of pyridine rings is 1. The molecule has 2 aliphatic heterocycles. The number of aromatic nitrogens is 1. The Bertz CT molecular complexity index is 1060. The van der Waals surface area contributed by atoms with E-state index in [1.54, 1.807) is 0 Å². The van der Waals surface area contributed by atoms with Crippen molar-refractivity contribution in [1.29, 1.82) is 0 Å². The highest BCUT2D eigenvalue weighted by atomic mass is 35.5. The van der Waals surface area contributed by atoms with Crippen LogP contribution in [-0.4, -0.2) is 66.8 Å². The molecule has 0 unspecified atom stereocenters. The molecule has 1 amide bonds. The van der Waals surface area contributed by atoms with Gasteiger partial charge in [-0.25, -0.2) is 4.98 Å². The van der Waals surface area contributed by atoms with Crippen LogP contribution < -0.4 is 15.6 Å². The second kappa shape index (κ2) is 10.4. The highest BCUT2D eigenvalue weighted by molar-refractivity contribution is 6.30. The SMILES string of the molecule is C=C1CN(C(=O)CN(C)C)Cc2cc(Cl)ccc2N1/C(=N\N)C1CCN(c2ccccn2)CC1. The fourth-order valence-electron chi connectivity index (χ4n) is 4.71. The number of amidine groups is 1. The number of hydrogen-bond acceptors (Lipinski definition) is 6. The molecular formula is C25H32ClN7O. The zero-order valence-electron chi connectivity index (χ0n) is 19.8. The van der Waals surface area contributed by atoms with Crippen molar-refractivity contribution in [2.45, 2.75) is 19.4 Å². The summed E-state index contributed by atoms with van der Waals surface area (Å²) in [5.74, 6) is 7.97. The first-order chi connectivity index (χ1) is 16.4. The number of rotatable bonds is 4. The highest BCUT2D eigenvalue weighted by Crippen LogP contribution is 2.35. The molecule has 2 aliphatic rings. The molecule has 3 heterocycles. The first-order valence-corrected chi connectivity index (χ1v) is 11.9. The van der Waals surface area contributed by atoms with Crippen molar-refractivity contribution in [3.05, 3.63) is 65.5 Å². The summed E-state index contributed by atoms with van der Waals surface area (Å²) in [6.45, 7) is 7.24. The average Bonchev–Trinajstić information content (AvgIpc) is 2.96. The van der Waals surface area contributed by atoms with Gasteiger partial charge in [-0.15, -0.1) is 0 Å². The minimum absolute atomic E-state index is 0.0360. The van der Waals surface area contributed by atoms with E-state index in [1.807, 2.05) is 71.4 Å². The predicted molar refractivity (Wildman–Crippen MR) is 138 cm³/mol. The Morgan fingerprint density at radius 2 is 2.00 bits per heavy atom. The molecule has 180 valence electrons. The van der Waals surface area contributed by atoms with E-state index in [-0.39, 0.29) is 11.8 Å². The van der Waals surface area contributed by atoms with Gasteiger partial charge in [-0.05, 0) is 62.8 Å². The third kappa shape index (κ3) is 5.18. The molecule has 0 bridgehead atoms. The summed E-state index contributed by atoms with van der Waals surface area (Å²) in [5.41, 5.74) is 2.64. The summed E-state index contributed by atoms with van der Waals surface area (Å²) < 4.78 is 0. The normalized spacial score (nSPS) is 17.7. The first-order valence-electron chi connectivity index (χ1n) is 11.5. The second-order valence-electron chi connectivity index (χ2n) is 9.10. The van der Waals surface area contributed by atoms with E-state index >= 15 is 0 Å². The van der Waals surface area contributed by atoms with Crippen LogP contribution in [0.2, 0.25) is 5.02 Å². The predicted octanol–water partition coefficient (Wildman–Crippen LogP) is 3.15. The molecular weight excluding hydrogens is 450 g/mol. The molecule has 0 spiro atoms. The van der Waals surface area contributed by atoms with E-state index in [0.29, 0.717) is 24.7 Å². The topological polar surface area (TPSA) is 81.3 Å². The zero-order chi connectivity index (χ0) is 24.2. The van der Waals surface area contributed by atoms with E-state index in [0.717, 1.165) is 54.5 Å². The number of hydrogen-bond donors (Lipinski definition) is 1. The molecule has 34 heavy (non-hydrogen) atoms. The maximum absolute atomic E-state index is 12.9. The number of hydrazone groups is 1. The Morgan fingerprint density at radius 3 is 2.65 bits per heavy atom. The van der Waals surface area contributed by atoms with E-state index < -0.39 is 0 Å². The Hall–Kier alpha value is -3.10. The number of halogens is 1. The van der Waals surface area contributed by atoms with Crippen LogP contribution >= 0.6 is 11.6 Å². The minimum atomic E-state index is 0.0360. The lowest BCUT2D eigenvalue weighted by molar-refractivity contribution is -0.131. The van der Waals surface area contributed by atoms with E-state index in [4.69, 9.17) is 17.4 Å². The molecule has 0 aliphatic carbocycles. The molecule has 4 rings (SSSR count). The van der Waals surface area contributed by atoms with Gasteiger partial charge in [0.25, 0.3) is 0 Å². The molecule has 1 saturated heterocycles. The van der Waals surface area contributed by atoms with Crippen molar-refractivity contribution in [3.63, 3.8) is 0 Å². The molecule has 8 nitrogen and oxygen atoms in total. The Balaban J connectivity index is 1.59. The number of nitrogens with two attached hydrogens (primary N) is 1. The van der Waals surface area contributed by atoms with Crippen molar-refractivity contribution < 1.29 is 4.79 Å². The first kappa shape index (κ1) is 24.0. The number of fused-ring (bicyclic) bond motifs is 1. The van der Waals surface area contributed by atoms with Crippen molar-refractivity contribution >= 4 is 34.8 Å². The lowest BCUT2D eigenvalue weighted by Gasteiger charge is -2.37. The van der Waals surface area contributed by atoms with Crippen LogP contribution in [0.4, 0.5) is 11.5 Å². The maximum Gasteiger partial charge on any atom is 0.237 e. The Kier molecular flexibility index (Phi) is 7.38. The van der Waals surface area contributed by atoms with Gasteiger partial charge in [0.05, 0.1) is 18.8 Å². The Morgan fingerprint density at radius 1 is 1.24 bits per heavy atom. The largest absolute Gasteiger partial charge is 0.357 e. The summed E-state index contributed by atoms with van der Waals surface area (Å²) in [4.78, 5) is 25.4. The quantitative estimate of drug-likeness (QED) is 0.313. The minimum Gasteiger partial charge on any atom is -0.357 e. The maximum atomic E-state index is 12.9. The van der Waals surface area contributed by atoms with Gasteiger partial charge in [0.1, 0.15) is 11.7 Å². The van der Waals surface area contributed by atoms with E-state index in [9.17, 15) is 4.79 Å². The molecule has 9 heteroatoms. The fourth-order valence-corrected chi connectivity index (χ4v) is 4.90. The highest BCUT2D eigenvalue weighted by Gasteiger charge is 2.33. The zero-order valence-corrected chi connectivity index (χ0v) is 20.6. The van der Waals surface area contributed by atoms with Crippen LogP contribution in [0.5, 0.6) is 0 Å². The monoisotopic (exact) mass is 481 g/mol. The van der Waals surface area contributed by atoms with Crippen LogP contribution in [0.3, 0.4) is 0 Å². The van der Waals surface area contributed by atoms with Crippen LogP contribution in [0.1, 0.15) is 18.4 Å². The Labute approximate surface area is 206 Å². The van der Waals surface area contributed by atoms with Crippen molar-refractivity contribution in [3.8, 4) is 0 Å². The van der Waals surface area contributed by atoms with Crippen molar-refractivity contribution in [2.24, 2.45) is 16.9 Å². The number of benzene rings is 1. The number of carbonyl (C=O) groups excluding carboxylic acids is 1. The van der Waals surface area contributed by atoms with Gasteiger partial charge in [0.2, 0.25) is 5.91 Å². The second-order valence-corrected chi connectivity index (χ2v) is 9.54. The molecule has 0 radical (unpaired) electrons. The third-order valence-electron chi connectivity index (χ3n) is 6.33. The number of amides is 1. The average molecular weight is 482 g/mol. The molecule has 1 aromatic carbocycles. The van der Waals surface area contributed by atoms with E-state index in [1.165, 1.54) is 0 Å². The van der Waals surface area contributed by atoms with Crippen LogP contribution in [0, 0.1) is 5.92 Å². The van der Waals surface area contributed by atoms with Gasteiger partial charge in [-0.1, -0.05) is 24.2 Å². The molecule has 2 N–H and O–H groups in total. The lowest BCUT2D eigenvalue weighted by Crippen LogP contribution is -2.44. The third-order valence-corrected chi connectivity index (χ3v) is 6.57. The van der Waals surface area contributed by atoms with Gasteiger partial charge in [-0.2, -0.15) is 5.10 Å². The summed E-state index contributed by atoms with van der Waals surface area (Å²) in [5, 5.41) is 4.89. The van der Waals surface area contributed by atoms with Crippen molar-refractivity contribution in [1.82, 2.24) is 14.8 Å². The van der Waals surface area contributed by atoms with Gasteiger partial charge in [0.15, 0.2) is 0 Å². The summed E-state index contributed by atoms with van der Waals surface area (Å²) in [7, 11) is 3.77. The van der Waals surface area contributed by atoms with E-state index in [2.05, 4.69) is 21.6 Å². The number of carbonyl (C=O) groups is 1. The number of anilines is 2. The lowest BCUT2D eigenvalue weighted by atomic mass is 9.94. The standard InChI is InChI=1S/C25H32ClN7O/c1-18-15-32(24(34)17-30(2)3)16-20-14-21(26)7-8-22(20)33(18)25(29-27)19-9-12-31(13-10-19)23-6-4-5-11-28-23/h4-8,11,14,19H,1,9-10,12-13,15-17,27H2,2-3H3/b29-25-. The smallest absolute Gasteiger partial charge is 0.237 e. The van der Waals surface area contributed by atoms with Gasteiger partial charge in [0, 0.05) is 42.5 Å². The molecule has 1 aromatic heterocycles. The molecule has 1 fully saturated rings. The fraction of sp³-hybridized carbons (Fsp3) is 0.400. The number of nitrogens with zero attached hydrogens (tertiary/aromatic N) is 6.